The Balaban J connectivity index is 4.94. The number of carbonyl (C=O) groups excluding carboxylic acids is 2. The van der Waals surface area contributed by atoms with Crippen LogP contribution in [0.25, 0.3) is 0 Å². The lowest BCUT2D eigenvalue weighted by molar-refractivity contribution is -0.161. The van der Waals surface area contributed by atoms with Gasteiger partial charge in [0.2, 0.25) is 0 Å². The van der Waals surface area contributed by atoms with Crippen molar-refractivity contribution >= 4 is 27.6 Å². The summed E-state index contributed by atoms with van der Waals surface area (Å²) < 4.78 is 47.5. The molecule has 0 rings (SSSR count). The lowest BCUT2D eigenvalue weighted by Gasteiger charge is -2.20. The molecule has 16 nitrogen and oxygen atoms in total. The molecule has 0 fully saturated rings. The monoisotopic (exact) mass is 944 g/mol. The first kappa shape index (κ1) is 60.7. The Kier molecular flexibility index (Phi) is 37.9. The molecule has 0 aromatic rings. The van der Waals surface area contributed by atoms with E-state index < -0.39 is 84.5 Å². The maximum Gasteiger partial charge on any atom is 0.472 e. The van der Waals surface area contributed by atoms with Gasteiger partial charge < -0.3 is 44.6 Å². The van der Waals surface area contributed by atoms with Crippen LogP contribution in [0, 0.1) is 0 Å². The van der Waals surface area contributed by atoms with E-state index in [0.717, 1.165) is 32.1 Å². The van der Waals surface area contributed by atoms with Gasteiger partial charge in [-0.25, -0.2) is 9.13 Å². The number of phosphoric acid groups is 2. The summed E-state index contributed by atoms with van der Waals surface area (Å²) in [6.07, 6.45) is 37.5. The third kappa shape index (κ3) is 41.4. The number of phosphoric ester groups is 2. The van der Waals surface area contributed by atoms with Crippen LogP contribution in [0.15, 0.2) is 109 Å². The summed E-state index contributed by atoms with van der Waals surface area (Å²) in [6.45, 7) is 1.06. The number of esters is 2. The summed E-state index contributed by atoms with van der Waals surface area (Å²) in [7, 11) is -9.83. The van der Waals surface area contributed by atoms with Gasteiger partial charge in [-0.05, 0) is 70.6 Å². The van der Waals surface area contributed by atoms with Crippen LogP contribution >= 0.6 is 15.6 Å². The number of aliphatic hydroxyl groups is 4. The van der Waals surface area contributed by atoms with Crippen molar-refractivity contribution in [1.82, 2.24) is 0 Å². The molecule has 18 heteroatoms. The molecule has 0 aliphatic heterocycles. The van der Waals surface area contributed by atoms with Crippen LogP contribution in [0.5, 0.6) is 0 Å². The molecule has 1 unspecified atom stereocenters. The lowest BCUT2D eigenvalue weighted by Crippen LogP contribution is -2.30. The second kappa shape index (κ2) is 40.0. The third-order valence-electron chi connectivity index (χ3n) is 8.48. The molecule has 0 bridgehead atoms. The SMILES string of the molecule is CC/C=C\C[C@@H](O)/C=C/C=C/C=C\C=C/[C@H](O)[C@@H](O)CCCC(=O)OC[C@H](COP(=O)(O)OC[C@@H](O)COP(=O)(O)O)OC(=O)CCC/C=C\C/C=C\C/C=C\C/C=C\CCCCC. The number of allylic oxidation sites excluding steroid dienone is 15. The van der Waals surface area contributed by atoms with Crippen LogP contribution in [0.2, 0.25) is 0 Å². The van der Waals surface area contributed by atoms with E-state index in [4.69, 9.17) is 23.8 Å². The maximum atomic E-state index is 12.7. The summed E-state index contributed by atoms with van der Waals surface area (Å²) >= 11 is 0. The van der Waals surface area contributed by atoms with Crippen molar-refractivity contribution in [2.24, 2.45) is 0 Å². The van der Waals surface area contributed by atoms with Crippen LogP contribution in [-0.4, -0.2) is 104 Å². The van der Waals surface area contributed by atoms with E-state index in [-0.39, 0.29) is 25.7 Å². The molecule has 0 spiro atoms. The van der Waals surface area contributed by atoms with Gasteiger partial charge in [0.15, 0.2) is 6.10 Å². The first-order valence-electron chi connectivity index (χ1n) is 21.9. The maximum absolute atomic E-state index is 12.7. The van der Waals surface area contributed by atoms with Gasteiger partial charge in [-0.2, -0.15) is 0 Å². The average molecular weight is 945 g/mol. The zero-order valence-electron chi connectivity index (χ0n) is 37.4. The molecule has 0 amide bonds. The molecule has 0 aromatic carbocycles. The van der Waals surface area contributed by atoms with E-state index in [1.54, 1.807) is 42.5 Å². The van der Waals surface area contributed by atoms with Crippen molar-refractivity contribution in [2.75, 3.05) is 26.4 Å². The summed E-state index contributed by atoms with van der Waals surface area (Å²) in [6, 6.07) is 0. The van der Waals surface area contributed by atoms with Crippen molar-refractivity contribution in [3.05, 3.63) is 109 Å². The first-order chi connectivity index (χ1) is 30.6. The molecule has 0 radical (unpaired) electrons. The van der Waals surface area contributed by atoms with Crippen LogP contribution in [-0.2, 0) is 41.8 Å². The van der Waals surface area contributed by atoms with Gasteiger partial charge in [0.25, 0.3) is 0 Å². The fraction of sp³-hybridized carbons (Fsp3) is 0.565. The van der Waals surface area contributed by atoms with Crippen molar-refractivity contribution in [3.8, 4) is 0 Å². The molecule has 0 aromatic heterocycles. The second-order valence-corrected chi connectivity index (χ2v) is 17.1. The van der Waals surface area contributed by atoms with Crippen LogP contribution in [0.1, 0.15) is 110 Å². The van der Waals surface area contributed by atoms with Gasteiger partial charge in [0.05, 0.1) is 38.1 Å². The van der Waals surface area contributed by atoms with E-state index >= 15 is 0 Å². The van der Waals surface area contributed by atoms with E-state index in [1.807, 2.05) is 37.3 Å². The highest BCUT2D eigenvalue weighted by Crippen LogP contribution is 2.43. The minimum absolute atomic E-state index is 0.0253. The standard InChI is InChI=1S/C46H74O16P2/c1-3-5-7-8-9-10-11-12-13-14-15-16-17-18-19-24-28-34-46(52)62-42(39-61-64(56,57)60-37-41(48)36-59-63(53,54)55)38-58-45(51)35-29-33-44(50)43(49)32-27-23-21-20-22-26-31-40(47)30-25-6-4-2/h6,9-10,12-13,15-16,18-23,25-27,31-32,40-44,47-50H,3-5,7-8,11,14,17,24,28-30,33-39H2,1-2H3,(H,56,57)(H2,53,54,55)/b10-9-,13-12-,16-15-,19-18-,22-20+,23-21-,25-6-,31-26+,32-27-/t40-,41+,42-,43+,44+/m1/s1. The lowest BCUT2D eigenvalue weighted by atomic mass is 10.1. The van der Waals surface area contributed by atoms with Crippen LogP contribution in [0.3, 0.4) is 0 Å². The van der Waals surface area contributed by atoms with Crippen molar-refractivity contribution in [2.45, 2.75) is 141 Å². The fourth-order valence-electron chi connectivity index (χ4n) is 5.03. The Bertz CT molecular complexity index is 1590. The van der Waals surface area contributed by atoms with E-state index in [1.165, 1.54) is 25.3 Å². The fourth-order valence-corrected chi connectivity index (χ4v) is 6.19. The average Bonchev–Trinajstić information content (AvgIpc) is 3.24. The number of unbranched alkanes of at least 4 members (excludes halogenated alkanes) is 4. The topological polar surface area (TPSA) is 256 Å². The number of carbonyl (C=O) groups is 2. The minimum atomic E-state index is -4.91. The minimum Gasteiger partial charge on any atom is -0.462 e. The zero-order valence-corrected chi connectivity index (χ0v) is 39.2. The summed E-state index contributed by atoms with van der Waals surface area (Å²) in [5, 5.41) is 40.2. The number of hydrogen-bond acceptors (Lipinski definition) is 13. The summed E-state index contributed by atoms with van der Waals surface area (Å²) in [5.41, 5.74) is 0. The van der Waals surface area contributed by atoms with Crippen LogP contribution < -0.4 is 0 Å². The van der Waals surface area contributed by atoms with E-state index in [2.05, 4.69) is 46.4 Å². The normalized spacial score (nSPS) is 16.5. The number of aliphatic hydroxyl groups excluding tert-OH is 4. The van der Waals surface area contributed by atoms with Gasteiger partial charge in [-0.15, -0.1) is 0 Å². The smallest absolute Gasteiger partial charge is 0.462 e. The Hall–Kier alpha value is -3.34. The highest BCUT2D eigenvalue weighted by atomic mass is 31.2. The molecule has 7 N–H and O–H groups in total. The third-order valence-corrected chi connectivity index (χ3v) is 9.91. The highest BCUT2D eigenvalue weighted by Gasteiger charge is 2.28. The summed E-state index contributed by atoms with van der Waals surface area (Å²) in [4.78, 5) is 52.7. The van der Waals surface area contributed by atoms with E-state index in [0.29, 0.717) is 19.3 Å². The highest BCUT2D eigenvalue weighted by molar-refractivity contribution is 7.47. The van der Waals surface area contributed by atoms with E-state index in [9.17, 15) is 44.0 Å². The Morgan fingerprint density at radius 3 is 1.73 bits per heavy atom. The predicted octanol–water partition coefficient (Wildman–Crippen LogP) is 8.03. The quantitative estimate of drug-likeness (QED) is 0.0101. The molecule has 0 aliphatic carbocycles. The molecule has 364 valence electrons. The van der Waals surface area contributed by atoms with Crippen molar-refractivity contribution in [1.29, 1.82) is 0 Å². The molecule has 6 atom stereocenters. The Morgan fingerprint density at radius 2 is 1.12 bits per heavy atom. The molecule has 0 saturated heterocycles. The molecule has 0 aliphatic rings. The first-order valence-corrected chi connectivity index (χ1v) is 24.9. The van der Waals surface area contributed by atoms with Gasteiger partial charge >= 0.3 is 27.6 Å². The molecule has 0 heterocycles. The molecular weight excluding hydrogens is 870 g/mol. The number of hydrogen-bond donors (Lipinski definition) is 7. The van der Waals surface area contributed by atoms with Gasteiger partial charge in [0, 0.05) is 12.8 Å². The predicted molar refractivity (Wildman–Crippen MR) is 247 cm³/mol. The van der Waals surface area contributed by atoms with Gasteiger partial charge in [-0.3, -0.25) is 23.2 Å². The number of rotatable bonds is 39. The van der Waals surface area contributed by atoms with Crippen molar-refractivity contribution < 1.29 is 76.9 Å². The van der Waals surface area contributed by atoms with Gasteiger partial charge in [0.1, 0.15) is 12.7 Å². The zero-order chi connectivity index (χ0) is 47.7. The Labute approximate surface area is 380 Å². The molecule has 0 saturated carbocycles. The second-order valence-electron chi connectivity index (χ2n) is 14.4. The Morgan fingerprint density at radius 1 is 0.578 bits per heavy atom. The molecule has 64 heavy (non-hydrogen) atoms. The number of ether oxygens (including phenoxy) is 2. The van der Waals surface area contributed by atoms with Crippen LogP contribution in [0.4, 0.5) is 0 Å². The summed E-state index contributed by atoms with van der Waals surface area (Å²) in [5.74, 6) is -1.44. The van der Waals surface area contributed by atoms with Crippen molar-refractivity contribution in [3.63, 3.8) is 0 Å². The molecular formula is C46H74O16P2. The van der Waals surface area contributed by atoms with Gasteiger partial charge in [-0.1, -0.05) is 136 Å². The largest absolute Gasteiger partial charge is 0.472 e.